The lowest BCUT2D eigenvalue weighted by Crippen LogP contribution is -2.35. The first-order valence-electron chi connectivity index (χ1n) is 8.83. The molecule has 0 spiro atoms. The van der Waals surface area contributed by atoms with Gasteiger partial charge in [-0.2, -0.15) is 4.31 Å². The average Bonchev–Trinajstić information content (AvgIpc) is 2.98. The van der Waals surface area contributed by atoms with E-state index < -0.39 is 10.0 Å². The van der Waals surface area contributed by atoms with Crippen molar-refractivity contribution in [2.24, 2.45) is 0 Å². The Bertz CT molecular complexity index is 1070. The number of para-hydroxylation sites is 1. The highest BCUT2D eigenvalue weighted by Crippen LogP contribution is 2.32. The van der Waals surface area contributed by atoms with Crippen LogP contribution in [0.25, 0.3) is 16.5 Å². The Balaban J connectivity index is 1.57. The van der Waals surface area contributed by atoms with Crippen LogP contribution < -0.4 is 0 Å². The van der Waals surface area contributed by atoms with Gasteiger partial charge in [0.1, 0.15) is 0 Å². The lowest BCUT2D eigenvalue weighted by Gasteiger charge is -2.26. The molecule has 26 heavy (non-hydrogen) atoms. The average molecular weight is 366 g/mol. The van der Waals surface area contributed by atoms with Crippen LogP contribution in [0.5, 0.6) is 0 Å². The molecule has 3 aromatic rings. The van der Waals surface area contributed by atoms with Crippen LogP contribution in [0.15, 0.2) is 60.7 Å². The van der Waals surface area contributed by atoms with Crippen molar-refractivity contribution in [3.63, 3.8) is 0 Å². The van der Waals surface area contributed by atoms with E-state index >= 15 is 0 Å². The predicted molar refractivity (Wildman–Crippen MR) is 106 cm³/mol. The quantitative estimate of drug-likeness (QED) is 0.756. The molecular formula is C21H22N2O2S. The van der Waals surface area contributed by atoms with E-state index in [4.69, 9.17) is 0 Å². The zero-order valence-corrected chi connectivity index (χ0v) is 15.6. The Morgan fingerprint density at radius 2 is 1.77 bits per heavy atom. The van der Waals surface area contributed by atoms with Crippen molar-refractivity contribution in [3.05, 3.63) is 77.5 Å². The molecule has 0 saturated carbocycles. The van der Waals surface area contributed by atoms with Crippen molar-refractivity contribution in [2.75, 3.05) is 13.1 Å². The van der Waals surface area contributed by atoms with E-state index in [9.17, 15) is 8.42 Å². The number of nitrogens with zero attached hydrogens (tertiary/aromatic N) is 1. The van der Waals surface area contributed by atoms with Gasteiger partial charge >= 0.3 is 0 Å². The molecule has 1 aliphatic rings. The fraction of sp³-hybridized carbons (Fsp3) is 0.238. The number of rotatable bonds is 4. The highest BCUT2D eigenvalue weighted by Gasteiger charge is 2.26. The van der Waals surface area contributed by atoms with Gasteiger partial charge in [0.2, 0.25) is 10.0 Å². The first kappa shape index (κ1) is 17.1. The minimum absolute atomic E-state index is 0.0587. The lowest BCUT2D eigenvalue weighted by molar-refractivity contribution is 0.440. The zero-order valence-electron chi connectivity index (χ0n) is 14.8. The van der Waals surface area contributed by atoms with Crippen LogP contribution in [0, 0.1) is 6.92 Å². The molecule has 1 N–H and O–H groups in total. The third kappa shape index (κ3) is 3.20. The number of fused-ring (bicyclic) bond motifs is 1. The third-order valence-corrected chi connectivity index (χ3v) is 6.79. The fourth-order valence-electron chi connectivity index (χ4n) is 3.70. The van der Waals surface area contributed by atoms with E-state index in [-0.39, 0.29) is 5.75 Å². The van der Waals surface area contributed by atoms with E-state index in [1.54, 1.807) is 4.31 Å². The summed E-state index contributed by atoms with van der Waals surface area (Å²) in [5, 5.41) is 1.21. The van der Waals surface area contributed by atoms with E-state index in [0.29, 0.717) is 13.1 Å². The Hall–Kier alpha value is -2.37. The summed E-state index contributed by atoms with van der Waals surface area (Å²) in [5.41, 5.74) is 5.54. The summed E-state index contributed by atoms with van der Waals surface area (Å²) in [6.07, 6.45) is 2.80. The van der Waals surface area contributed by atoms with Gasteiger partial charge in [0.25, 0.3) is 0 Å². The van der Waals surface area contributed by atoms with E-state index in [0.717, 1.165) is 23.2 Å². The number of sulfonamides is 1. The Labute approximate surface area is 154 Å². The number of aromatic nitrogens is 1. The molecule has 0 amide bonds. The Kier molecular flexibility index (Phi) is 4.42. The SMILES string of the molecule is Cc1[nH]c2ccccc2c1C1=CCN(S(=O)(=O)Cc2ccccc2)CC1. The maximum Gasteiger partial charge on any atom is 0.218 e. The molecule has 2 aromatic carbocycles. The number of benzene rings is 2. The van der Waals surface area contributed by atoms with Crippen molar-refractivity contribution in [3.8, 4) is 0 Å². The molecule has 0 saturated heterocycles. The summed E-state index contributed by atoms with van der Waals surface area (Å²) in [6, 6.07) is 17.6. The Morgan fingerprint density at radius 3 is 2.50 bits per heavy atom. The number of nitrogens with one attached hydrogen (secondary N) is 1. The van der Waals surface area contributed by atoms with Gasteiger partial charge in [-0.15, -0.1) is 0 Å². The third-order valence-electron chi connectivity index (χ3n) is 4.97. The van der Waals surface area contributed by atoms with Gasteiger partial charge in [-0.05, 0) is 30.5 Å². The second-order valence-electron chi connectivity index (χ2n) is 6.75. The van der Waals surface area contributed by atoms with Gasteiger partial charge in [0, 0.05) is 35.2 Å². The second kappa shape index (κ2) is 6.74. The van der Waals surface area contributed by atoms with Gasteiger partial charge in [-0.3, -0.25) is 0 Å². The number of H-pyrrole nitrogens is 1. The van der Waals surface area contributed by atoms with Crippen molar-refractivity contribution in [1.82, 2.24) is 9.29 Å². The fourth-order valence-corrected chi connectivity index (χ4v) is 5.16. The van der Waals surface area contributed by atoms with E-state index in [1.165, 1.54) is 16.5 Å². The van der Waals surface area contributed by atoms with Crippen LogP contribution >= 0.6 is 0 Å². The molecule has 1 aliphatic heterocycles. The molecule has 134 valence electrons. The van der Waals surface area contributed by atoms with Gasteiger partial charge in [0.05, 0.1) is 5.75 Å². The molecule has 5 heteroatoms. The van der Waals surface area contributed by atoms with Gasteiger partial charge < -0.3 is 4.98 Å². The molecule has 1 aromatic heterocycles. The van der Waals surface area contributed by atoms with Crippen molar-refractivity contribution >= 4 is 26.5 Å². The van der Waals surface area contributed by atoms with Gasteiger partial charge in [-0.1, -0.05) is 54.6 Å². The zero-order chi connectivity index (χ0) is 18.1. The molecule has 0 bridgehead atoms. The summed E-state index contributed by atoms with van der Waals surface area (Å²) in [5.74, 6) is 0.0587. The van der Waals surface area contributed by atoms with Crippen LogP contribution in [0.2, 0.25) is 0 Å². The predicted octanol–water partition coefficient (Wildman–Crippen LogP) is 4.10. The number of hydrogen-bond acceptors (Lipinski definition) is 2. The minimum Gasteiger partial charge on any atom is -0.358 e. The molecular weight excluding hydrogens is 344 g/mol. The number of hydrogen-bond donors (Lipinski definition) is 1. The monoisotopic (exact) mass is 366 g/mol. The normalized spacial score (nSPS) is 16.0. The summed E-state index contributed by atoms with van der Waals surface area (Å²) >= 11 is 0. The molecule has 0 atom stereocenters. The second-order valence-corrected chi connectivity index (χ2v) is 8.72. The van der Waals surface area contributed by atoms with Crippen LogP contribution in [-0.2, 0) is 15.8 Å². The molecule has 0 radical (unpaired) electrons. The van der Waals surface area contributed by atoms with Crippen molar-refractivity contribution < 1.29 is 8.42 Å². The Morgan fingerprint density at radius 1 is 1.04 bits per heavy atom. The summed E-state index contributed by atoms with van der Waals surface area (Å²) in [4.78, 5) is 3.43. The van der Waals surface area contributed by atoms with Crippen molar-refractivity contribution in [2.45, 2.75) is 19.1 Å². The van der Waals surface area contributed by atoms with Crippen LogP contribution in [0.4, 0.5) is 0 Å². The minimum atomic E-state index is -3.30. The lowest BCUT2D eigenvalue weighted by atomic mass is 9.97. The highest BCUT2D eigenvalue weighted by atomic mass is 32.2. The summed E-state index contributed by atoms with van der Waals surface area (Å²) in [7, 11) is -3.30. The smallest absolute Gasteiger partial charge is 0.218 e. The molecule has 4 rings (SSSR count). The van der Waals surface area contributed by atoms with Crippen LogP contribution in [0.1, 0.15) is 23.2 Å². The van der Waals surface area contributed by atoms with Crippen molar-refractivity contribution in [1.29, 1.82) is 0 Å². The first-order valence-corrected chi connectivity index (χ1v) is 10.4. The summed E-state index contributed by atoms with van der Waals surface area (Å²) in [6.45, 7) is 3.04. The molecule has 0 aliphatic carbocycles. The number of aryl methyl sites for hydroxylation is 1. The molecule has 2 heterocycles. The van der Waals surface area contributed by atoms with Gasteiger partial charge in [0.15, 0.2) is 0 Å². The molecule has 0 unspecified atom stereocenters. The number of aromatic amines is 1. The van der Waals surface area contributed by atoms with E-state index in [2.05, 4.69) is 30.1 Å². The standard InChI is InChI=1S/C21H22N2O2S/c1-16-21(19-9-5-6-10-20(19)22-16)18-11-13-23(14-12-18)26(24,25)15-17-7-3-2-4-8-17/h2-11,22H,12-15H2,1H3. The topological polar surface area (TPSA) is 53.2 Å². The van der Waals surface area contributed by atoms with Gasteiger partial charge in [-0.25, -0.2) is 8.42 Å². The van der Waals surface area contributed by atoms with Crippen LogP contribution in [-0.4, -0.2) is 30.8 Å². The van der Waals surface area contributed by atoms with E-state index in [1.807, 2.05) is 42.5 Å². The molecule has 4 nitrogen and oxygen atoms in total. The highest BCUT2D eigenvalue weighted by molar-refractivity contribution is 7.88. The molecule has 0 fully saturated rings. The summed E-state index contributed by atoms with van der Waals surface area (Å²) < 4.78 is 27.0. The van der Waals surface area contributed by atoms with Crippen LogP contribution in [0.3, 0.4) is 0 Å². The maximum atomic E-state index is 12.7. The first-order chi connectivity index (χ1) is 12.5. The maximum absolute atomic E-state index is 12.7. The largest absolute Gasteiger partial charge is 0.358 e.